The summed E-state index contributed by atoms with van der Waals surface area (Å²) in [5, 5.41) is 14.1. The topological polar surface area (TPSA) is 67.5 Å². The Hall–Kier alpha value is -2.60. The van der Waals surface area contributed by atoms with Gasteiger partial charge in [0.1, 0.15) is 5.75 Å². The van der Waals surface area contributed by atoms with Crippen molar-refractivity contribution in [3.8, 4) is 5.75 Å². The number of rotatable bonds is 8. The van der Waals surface area contributed by atoms with E-state index in [2.05, 4.69) is 23.4 Å². The largest absolute Gasteiger partial charge is 0.507 e. The Labute approximate surface area is 151 Å². The standard InChI is InChI=1S/C19H21N3O2S/c1-5-14(12-25-18-8-6-7-17(24)15(18)11-23)19(20-4)16-9-10-21-22(16)13(2)3/h5-11,13,24H,1,4,12H2,2-3H3/b19-14+. The molecule has 0 spiro atoms. The first kappa shape index (κ1) is 18.7. The van der Waals surface area contributed by atoms with Gasteiger partial charge in [-0.05, 0) is 44.3 Å². The number of phenols is 1. The molecule has 0 radical (unpaired) electrons. The number of thioether (sulfide) groups is 1. The smallest absolute Gasteiger partial charge is 0.154 e. The lowest BCUT2D eigenvalue weighted by molar-refractivity contribution is 0.111. The van der Waals surface area contributed by atoms with E-state index in [-0.39, 0.29) is 17.4 Å². The highest BCUT2D eigenvalue weighted by atomic mass is 32.2. The summed E-state index contributed by atoms with van der Waals surface area (Å²) in [6, 6.07) is 7.09. The molecule has 25 heavy (non-hydrogen) atoms. The average molecular weight is 355 g/mol. The lowest BCUT2D eigenvalue weighted by atomic mass is 10.1. The highest BCUT2D eigenvalue weighted by Crippen LogP contribution is 2.32. The van der Waals surface area contributed by atoms with Crippen LogP contribution in [0.15, 0.2) is 58.6 Å². The van der Waals surface area contributed by atoms with Crippen LogP contribution in [0.5, 0.6) is 5.75 Å². The number of aliphatic imine (C=N–C) groups is 1. The van der Waals surface area contributed by atoms with Crippen molar-refractivity contribution >= 4 is 30.5 Å². The molecule has 130 valence electrons. The van der Waals surface area contributed by atoms with Crippen molar-refractivity contribution in [3.63, 3.8) is 0 Å². The Morgan fingerprint density at radius 2 is 2.20 bits per heavy atom. The summed E-state index contributed by atoms with van der Waals surface area (Å²) >= 11 is 1.44. The molecule has 1 aromatic carbocycles. The summed E-state index contributed by atoms with van der Waals surface area (Å²) in [5.41, 5.74) is 2.74. The van der Waals surface area contributed by atoms with E-state index in [9.17, 15) is 9.90 Å². The van der Waals surface area contributed by atoms with E-state index >= 15 is 0 Å². The summed E-state index contributed by atoms with van der Waals surface area (Å²) in [6.45, 7) is 11.7. The average Bonchev–Trinajstić information content (AvgIpc) is 3.08. The Morgan fingerprint density at radius 3 is 2.80 bits per heavy atom. The number of carbonyl (C=O) groups excluding carboxylic acids is 1. The van der Waals surface area contributed by atoms with Crippen LogP contribution in [0.1, 0.15) is 35.9 Å². The van der Waals surface area contributed by atoms with Crippen LogP contribution < -0.4 is 0 Å². The number of hydrogen-bond acceptors (Lipinski definition) is 5. The third kappa shape index (κ3) is 4.09. The van der Waals surface area contributed by atoms with Crippen LogP contribution in [0, 0.1) is 0 Å². The Kier molecular flexibility index (Phi) is 6.36. The first-order chi connectivity index (χ1) is 12.0. The number of aromatic hydroxyl groups is 1. The molecule has 0 bridgehead atoms. The summed E-state index contributed by atoms with van der Waals surface area (Å²) in [7, 11) is 0. The second kappa shape index (κ2) is 8.48. The molecule has 0 saturated carbocycles. The summed E-state index contributed by atoms with van der Waals surface area (Å²) < 4.78 is 1.88. The second-order valence-electron chi connectivity index (χ2n) is 5.59. The van der Waals surface area contributed by atoms with Gasteiger partial charge in [0, 0.05) is 22.9 Å². The van der Waals surface area contributed by atoms with Crippen molar-refractivity contribution in [1.29, 1.82) is 0 Å². The fourth-order valence-electron chi connectivity index (χ4n) is 2.42. The molecular weight excluding hydrogens is 334 g/mol. The van der Waals surface area contributed by atoms with Crippen LogP contribution >= 0.6 is 11.8 Å². The van der Waals surface area contributed by atoms with Crippen molar-refractivity contribution in [1.82, 2.24) is 9.78 Å². The number of nitrogens with zero attached hydrogens (tertiary/aromatic N) is 3. The van der Waals surface area contributed by atoms with Crippen molar-refractivity contribution in [2.45, 2.75) is 24.8 Å². The number of allylic oxidation sites excluding steroid dienone is 1. The number of aldehydes is 1. The van der Waals surface area contributed by atoms with Crippen LogP contribution in [-0.4, -0.2) is 33.6 Å². The molecule has 2 rings (SSSR count). The van der Waals surface area contributed by atoms with E-state index in [1.165, 1.54) is 17.8 Å². The van der Waals surface area contributed by atoms with Crippen LogP contribution in [0.4, 0.5) is 0 Å². The molecular formula is C19H21N3O2S. The van der Waals surface area contributed by atoms with Crippen LogP contribution in [0.25, 0.3) is 5.70 Å². The molecule has 0 unspecified atom stereocenters. The maximum absolute atomic E-state index is 11.2. The van der Waals surface area contributed by atoms with Gasteiger partial charge in [0.05, 0.1) is 17.0 Å². The minimum atomic E-state index is -0.0240. The zero-order valence-electron chi connectivity index (χ0n) is 14.3. The third-order valence-corrected chi connectivity index (χ3v) is 4.78. The number of carbonyl (C=O) groups is 1. The minimum absolute atomic E-state index is 0.0240. The third-order valence-electron chi connectivity index (χ3n) is 3.65. The Balaban J connectivity index is 2.37. The zero-order valence-corrected chi connectivity index (χ0v) is 15.2. The van der Waals surface area contributed by atoms with Crippen LogP contribution in [0.3, 0.4) is 0 Å². The van der Waals surface area contributed by atoms with Crippen molar-refractivity contribution in [2.75, 3.05) is 5.75 Å². The number of phenolic OH excluding ortho intramolecular Hbond substituents is 1. The molecule has 5 nitrogen and oxygen atoms in total. The van der Waals surface area contributed by atoms with Gasteiger partial charge in [-0.1, -0.05) is 18.7 Å². The Bertz CT molecular complexity index is 822. The molecule has 0 fully saturated rings. The van der Waals surface area contributed by atoms with Crippen LogP contribution in [0.2, 0.25) is 0 Å². The molecule has 0 aliphatic rings. The van der Waals surface area contributed by atoms with Gasteiger partial charge in [-0.25, -0.2) is 0 Å². The van der Waals surface area contributed by atoms with Gasteiger partial charge in [0.25, 0.3) is 0 Å². The lowest BCUT2D eigenvalue weighted by Gasteiger charge is -2.14. The molecule has 0 amide bonds. The quantitative estimate of drug-likeness (QED) is 0.330. The SMILES string of the molecule is C=C/C(CSc1cccc(O)c1C=O)=C(\N=C)c1ccnn1C(C)C. The van der Waals surface area contributed by atoms with E-state index in [1.807, 2.05) is 24.6 Å². The van der Waals surface area contributed by atoms with Gasteiger partial charge >= 0.3 is 0 Å². The van der Waals surface area contributed by atoms with Crippen molar-refractivity contribution in [2.24, 2.45) is 4.99 Å². The molecule has 1 N–H and O–H groups in total. The van der Waals surface area contributed by atoms with Gasteiger partial charge in [-0.2, -0.15) is 5.10 Å². The van der Waals surface area contributed by atoms with E-state index in [4.69, 9.17) is 0 Å². The number of aromatic nitrogens is 2. The van der Waals surface area contributed by atoms with Gasteiger partial charge in [-0.15, -0.1) is 11.8 Å². The predicted molar refractivity (Wildman–Crippen MR) is 103 cm³/mol. The highest BCUT2D eigenvalue weighted by Gasteiger charge is 2.14. The zero-order chi connectivity index (χ0) is 18.4. The summed E-state index contributed by atoms with van der Waals surface area (Å²) in [4.78, 5) is 16.1. The van der Waals surface area contributed by atoms with Gasteiger partial charge in [-0.3, -0.25) is 14.5 Å². The molecule has 0 saturated heterocycles. The van der Waals surface area contributed by atoms with E-state index in [0.29, 0.717) is 22.6 Å². The molecule has 0 atom stereocenters. The van der Waals surface area contributed by atoms with E-state index < -0.39 is 0 Å². The fraction of sp³-hybridized carbons (Fsp3) is 0.211. The minimum Gasteiger partial charge on any atom is -0.507 e. The van der Waals surface area contributed by atoms with Gasteiger partial charge in [0.2, 0.25) is 0 Å². The highest BCUT2D eigenvalue weighted by molar-refractivity contribution is 7.99. The summed E-state index contributed by atoms with van der Waals surface area (Å²) in [5.74, 6) is 0.509. The molecule has 6 heteroatoms. The first-order valence-corrected chi connectivity index (χ1v) is 8.78. The molecule has 2 aromatic rings. The van der Waals surface area contributed by atoms with Crippen molar-refractivity contribution < 1.29 is 9.90 Å². The fourth-order valence-corrected chi connectivity index (χ4v) is 3.47. The van der Waals surface area contributed by atoms with E-state index in [1.54, 1.807) is 24.4 Å². The second-order valence-corrected chi connectivity index (χ2v) is 6.60. The maximum atomic E-state index is 11.2. The maximum Gasteiger partial charge on any atom is 0.154 e. The summed E-state index contributed by atoms with van der Waals surface area (Å²) in [6.07, 6.45) is 4.13. The van der Waals surface area contributed by atoms with Gasteiger partial charge in [0.15, 0.2) is 6.29 Å². The monoisotopic (exact) mass is 355 g/mol. The normalized spacial score (nSPS) is 12.0. The number of hydrogen-bond donors (Lipinski definition) is 1. The molecule has 1 aromatic heterocycles. The molecule has 1 heterocycles. The number of benzene rings is 1. The van der Waals surface area contributed by atoms with Crippen LogP contribution in [-0.2, 0) is 0 Å². The first-order valence-electron chi connectivity index (χ1n) is 7.79. The van der Waals surface area contributed by atoms with Gasteiger partial charge < -0.3 is 5.11 Å². The van der Waals surface area contributed by atoms with E-state index in [0.717, 1.165) is 11.3 Å². The molecule has 0 aliphatic heterocycles. The lowest BCUT2D eigenvalue weighted by Crippen LogP contribution is -2.07. The molecule has 0 aliphatic carbocycles. The predicted octanol–water partition coefficient (Wildman–Crippen LogP) is 4.37. The Morgan fingerprint density at radius 1 is 1.44 bits per heavy atom. The van der Waals surface area contributed by atoms with Crippen molar-refractivity contribution in [3.05, 3.63) is 59.9 Å².